The van der Waals surface area contributed by atoms with Gasteiger partial charge in [0.05, 0.1) is 34.9 Å². The van der Waals surface area contributed by atoms with Gasteiger partial charge in [0, 0.05) is 7.05 Å². The zero-order valence-electron chi connectivity index (χ0n) is 11.9. The first-order valence-electron chi connectivity index (χ1n) is 5.66. The van der Waals surface area contributed by atoms with E-state index in [0.29, 0.717) is 17.2 Å². The maximum Gasteiger partial charge on any atom is 0.250 e. The molecule has 0 saturated heterocycles. The Balaban J connectivity index is 3.06. The van der Waals surface area contributed by atoms with Gasteiger partial charge in [-0.05, 0) is 17.7 Å². The fourth-order valence-corrected chi connectivity index (χ4v) is 1.63. The van der Waals surface area contributed by atoms with Crippen LogP contribution in [0.2, 0.25) is 0 Å². The topological polar surface area (TPSA) is 57.2 Å². The Hall–Kier alpha value is -1.95. The normalized spacial score (nSPS) is 9.95. The molecule has 0 atom stereocenters. The van der Waals surface area contributed by atoms with Crippen LogP contribution in [0.25, 0.3) is 0 Å². The van der Waals surface area contributed by atoms with Crippen molar-refractivity contribution in [1.82, 2.24) is 5.06 Å². The van der Waals surface area contributed by atoms with E-state index in [4.69, 9.17) is 19.0 Å². The Morgan fingerprint density at radius 1 is 1.05 bits per heavy atom. The monoisotopic (exact) mass is 269 g/mol. The lowest BCUT2D eigenvalue weighted by Gasteiger charge is -2.16. The molecule has 0 aliphatic carbocycles. The van der Waals surface area contributed by atoms with Gasteiger partial charge in [-0.15, -0.1) is 0 Å². The Bertz CT molecular complexity index is 422. The van der Waals surface area contributed by atoms with Crippen molar-refractivity contribution in [3.63, 3.8) is 0 Å². The van der Waals surface area contributed by atoms with E-state index in [0.717, 1.165) is 5.56 Å². The van der Waals surface area contributed by atoms with Gasteiger partial charge < -0.3 is 14.2 Å². The molecular weight excluding hydrogens is 250 g/mol. The van der Waals surface area contributed by atoms with Crippen LogP contribution in [-0.2, 0) is 16.1 Å². The summed E-state index contributed by atoms with van der Waals surface area (Å²) in [6.07, 6.45) is 0.182. The third kappa shape index (κ3) is 3.51. The maximum atomic E-state index is 11.8. The highest BCUT2D eigenvalue weighted by molar-refractivity contribution is 5.78. The summed E-state index contributed by atoms with van der Waals surface area (Å²) in [6, 6.07) is 3.48. The van der Waals surface area contributed by atoms with Crippen LogP contribution >= 0.6 is 0 Å². The molecule has 0 aromatic heterocycles. The molecule has 0 bridgehead atoms. The van der Waals surface area contributed by atoms with Crippen molar-refractivity contribution >= 4 is 5.91 Å². The second-order valence-electron chi connectivity index (χ2n) is 3.78. The van der Waals surface area contributed by atoms with E-state index < -0.39 is 0 Å². The zero-order valence-corrected chi connectivity index (χ0v) is 11.9. The number of nitrogens with zero attached hydrogens (tertiary/aromatic N) is 1. The summed E-state index contributed by atoms with van der Waals surface area (Å²) in [5, 5.41) is 1.17. The maximum absolute atomic E-state index is 11.8. The molecule has 0 spiro atoms. The van der Waals surface area contributed by atoms with Gasteiger partial charge in [-0.25, -0.2) is 5.06 Å². The summed E-state index contributed by atoms with van der Waals surface area (Å²) in [5.41, 5.74) is 0.753. The predicted molar refractivity (Wildman–Crippen MR) is 69.6 cm³/mol. The van der Waals surface area contributed by atoms with Gasteiger partial charge in [0.15, 0.2) is 11.5 Å². The number of benzene rings is 1. The van der Waals surface area contributed by atoms with Gasteiger partial charge in [-0.1, -0.05) is 0 Å². The molecule has 106 valence electrons. The largest absolute Gasteiger partial charge is 0.493 e. The molecule has 1 aromatic rings. The molecule has 6 heteroatoms. The lowest BCUT2D eigenvalue weighted by molar-refractivity contribution is -0.167. The molecule has 6 nitrogen and oxygen atoms in total. The molecular formula is C13H19NO5. The Kier molecular flexibility index (Phi) is 5.44. The average Bonchev–Trinajstić information content (AvgIpc) is 2.44. The van der Waals surface area contributed by atoms with Crippen molar-refractivity contribution in [3.8, 4) is 17.2 Å². The van der Waals surface area contributed by atoms with Crippen LogP contribution in [0.3, 0.4) is 0 Å². The van der Waals surface area contributed by atoms with Crippen molar-refractivity contribution in [2.75, 3.05) is 35.5 Å². The number of hydroxylamine groups is 2. The van der Waals surface area contributed by atoms with Crippen LogP contribution in [0, 0.1) is 0 Å². The molecule has 19 heavy (non-hydrogen) atoms. The minimum atomic E-state index is -0.170. The van der Waals surface area contributed by atoms with Crippen LogP contribution in [0.15, 0.2) is 12.1 Å². The second-order valence-corrected chi connectivity index (χ2v) is 3.78. The summed E-state index contributed by atoms with van der Waals surface area (Å²) in [6.45, 7) is 0. The van der Waals surface area contributed by atoms with Gasteiger partial charge in [0.25, 0.3) is 0 Å². The molecule has 1 aromatic carbocycles. The van der Waals surface area contributed by atoms with Gasteiger partial charge in [-0.2, -0.15) is 0 Å². The van der Waals surface area contributed by atoms with Crippen LogP contribution < -0.4 is 14.2 Å². The van der Waals surface area contributed by atoms with E-state index >= 15 is 0 Å². The van der Waals surface area contributed by atoms with Gasteiger partial charge >= 0.3 is 0 Å². The molecule has 0 aliphatic heterocycles. The summed E-state index contributed by atoms with van der Waals surface area (Å²) in [4.78, 5) is 16.6. The first kappa shape index (κ1) is 15.1. The number of rotatable bonds is 6. The molecule has 1 rings (SSSR count). The number of ether oxygens (including phenoxy) is 3. The Labute approximate surface area is 112 Å². The van der Waals surface area contributed by atoms with E-state index in [-0.39, 0.29) is 12.3 Å². The quantitative estimate of drug-likeness (QED) is 0.728. The predicted octanol–water partition coefficient (Wildman–Crippen LogP) is 1.27. The fourth-order valence-electron chi connectivity index (χ4n) is 1.63. The highest BCUT2D eigenvalue weighted by Crippen LogP contribution is 2.38. The minimum Gasteiger partial charge on any atom is -0.493 e. The van der Waals surface area contributed by atoms with Gasteiger partial charge in [-0.3, -0.25) is 9.63 Å². The molecule has 0 heterocycles. The number of carbonyl (C=O) groups excluding carboxylic acids is 1. The number of hydrogen-bond donors (Lipinski definition) is 0. The van der Waals surface area contributed by atoms with Gasteiger partial charge in [0.2, 0.25) is 11.7 Å². The smallest absolute Gasteiger partial charge is 0.250 e. The molecule has 0 fully saturated rings. The molecule has 0 saturated carbocycles. The summed E-state index contributed by atoms with van der Waals surface area (Å²) < 4.78 is 15.7. The van der Waals surface area contributed by atoms with E-state index in [9.17, 15) is 4.79 Å². The Morgan fingerprint density at radius 2 is 1.58 bits per heavy atom. The van der Waals surface area contributed by atoms with Crippen molar-refractivity contribution in [1.29, 1.82) is 0 Å². The molecule has 0 aliphatic rings. The molecule has 0 radical (unpaired) electrons. The standard InChI is InChI=1S/C13H19NO5/c1-14(19-5)12(15)8-9-6-10(16-2)13(18-4)11(7-9)17-3/h6-7H,8H2,1-5H3. The SMILES string of the molecule is COc1cc(CC(=O)N(C)OC)cc(OC)c1OC. The van der Waals surface area contributed by atoms with E-state index in [1.807, 2.05) is 0 Å². The van der Waals surface area contributed by atoms with Gasteiger partial charge in [0.1, 0.15) is 0 Å². The first-order valence-corrected chi connectivity index (χ1v) is 5.66. The molecule has 0 unspecified atom stereocenters. The third-order valence-corrected chi connectivity index (χ3v) is 2.70. The van der Waals surface area contributed by atoms with Crippen LogP contribution in [0.5, 0.6) is 17.2 Å². The number of hydrogen-bond acceptors (Lipinski definition) is 5. The van der Waals surface area contributed by atoms with E-state index in [2.05, 4.69) is 0 Å². The van der Waals surface area contributed by atoms with Crippen LogP contribution in [-0.4, -0.2) is 46.5 Å². The number of methoxy groups -OCH3 is 3. The second kappa shape index (κ2) is 6.84. The first-order chi connectivity index (χ1) is 9.07. The van der Waals surface area contributed by atoms with E-state index in [1.54, 1.807) is 19.2 Å². The fraction of sp³-hybridized carbons (Fsp3) is 0.462. The Morgan fingerprint density at radius 3 is 1.95 bits per heavy atom. The van der Waals surface area contributed by atoms with Crippen molar-refractivity contribution in [3.05, 3.63) is 17.7 Å². The lowest BCUT2D eigenvalue weighted by Crippen LogP contribution is -2.26. The highest BCUT2D eigenvalue weighted by Gasteiger charge is 2.16. The summed E-state index contributed by atoms with van der Waals surface area (Å²) >= 11 is 0. The zero-order chi connectivity index (χ0) is 14.4. The van der Waals surface area contributed by atoms with Crippen molar-refractivity contribution in [2.45, 2.75) is 6.42 Å². The van der Waals surface area contributed by atoms with E-state index in [1.165, 1.54) is 33.5 Å². The summed E-state index contributed by atoms with van der Waals surface area (Å²) in [5.74, 6) is 1.37. The average molecular weight is 269 g/mol. The number of likely N-dealkylation sites (N-methyl/N-ethyl adjacent to an activating group) is 1. The summed E-state index contributed by atoms with van der Waals surface area (Å²) in [7, 11) is 7.59. The molecule has 1 amide bonds. The number of amides is 1. The third-order valence-electron chi connectivity index (χ3n) is 2.70. The van der Waals surface area contributed by atoms with Crippen LogP contribution in [0.1, 0.15) is 5.56 Å². The van der Waals surface area contributed by atoms with Crippen LogP contribution in [0.4, 0.5) is 0 Å². The highest BCUT2D eigenvalue weighted by atomic mass is 16.7. The molecule has 0 N–H and O–H groups in total. The van der Waals surface area contributed by atoms with Crippen molar-refractivity contribution < 1.29 is 23.8 Å². The number of carbonyl (C=O) groups is 1. The van der Waals surface area contributed by atoms with Crippen molar-refractivity contribution in [2.24, 2.45) is 0 Å². The lowest BCUT2D eigenvalue weighted by atomic mass is 10.1. The minimum absolute atomic E-state index is 0.170.